The van der Waals surface area contributed by atoms with Gasteiger partial charge in [-0.2, -0.15) is 5.26 Å². The first-order valence-corrected chi connectivity index (χ1v) is 5.97. The van der Waals surface area contributed by atoms with E-state index in [1.807, 2.05) is 36.4 Å². The maximum atomic E-state index is 11.4. The van der Waals surface area contributed by atoms with Crippen LogP contribution in [0.4, 0.5) is 0 Å². The van der Waals surface area contributed by atoms with Gasteiger partial charge in [-0.15, -0.1) is 0 Å². The second-order valence-corrected chi connectivity index (χ2v) is 4.32. The van der Waals surface area contributed by atoms with Crippen molar-refractivity contribution in [2.45, 2.75) is 12.3 Å². The van der Waals surface area contributed by atoms with Crippen LogP contribution in [0.2, 0.25) is 0 Å². The Morgan fingerprint density at radius 1 is 1.16 bits per heavy atom. The molecule has 19 heavy (non-hydrogen) atoms. The largest absolute Gasteiger partial charge is 0.481 e. The third-order valence-corrected chi connectivity index (χ3v) is 3.00. The fourth-order valence-electron chi connectivity index (χ4n) is 2.04. The molecule has 2 rings (SSSR count). The minimum Gasteiger partial charge on any atom is -0.481 e. The van der Waals surface area contributed by atoms with Gasteiger partial charge in [0.1, 0.15) is 0 Å². The lowest BCUT2D eigenvalue weighted by Crippen LogP contribution is -2.14. The van der Waals surface area contributed by atoms with E-state index in [0.717, 1.165) is 11.1 Å². The molecule has 0 aromatic heterocycles. The Labute approximate surface area is 111 Å². The predicted molar refractivity (Wildman–Crippen MR) is 71.7 cm³/mol. The molecule has 0 fully saturated rings. The maximum absolute atomic E-state index is 11.4. The molecule has 0 saturated heterocycles. The molecular weight excluding hydrogens is 238 g/mol. The van der Waals surface area contributed by atoms with Crippen LogP contribution in [0.15, 0.2) is 54.6 Å². The van der Waals surface area contributed by atoms with Gasteiger partial charge in [-0.25, -0.2) is 0 Å². The molecule has 3 nitrogen and oxygen atoms in total. The number of carboxylic acids is 1. The second-order valence-electron chi connectivity index (χ2n) is 4.32. The van der Waals surface area contributed by atoms with Gasteiger partial charge in [-0.1, -0.05) is 42.5 Å². The molecule has 0 aliphatic carbocycles. The van der Waals surface area contributed by atoms with Crippen LogP contribution in [0.3, 0.4) is 0 Å². The molecule has 0 radical (unpaired) electrons. The maximum Gasteiger partial charge on any atom is 0.311 e. The molecular formula is C16H13NO2. The lowest BCUT2D eigenvalue weighted by molar-refractivity contribution is -0.138. The van der Waals surface area contributed by atoms with Crippen LogP contribution in [-0.2, 0) is 11.2 Å². The molecule has 3 heteroatoms. The van der Waals surface area contributed by atoms with Crippen molar-refractivity contribution in [3.05, 3.63) is 71.3 Å². The van der Waals surface area contributed by atoms with Gasteiger partial charge in [-0.05, 0) is 29.7 Å². The van der Waals surface area contributed by atoms with Gasteiger partial charge >= 0.3 is 5.97 Å². The summed E-state index contributed by atoms with van der Waals surface area (Å²) in [6.45, 7) is 0. The number of aliphatic carboxylic acids is 1. The monoisotopic (exact) mass is 251 g/mol. The van der Waals surface area contributed by atoms with E-state index in [1.54, 1.807) is 18.2 Å². The molecule has 0 saturated carbocycles. The van der Waals surface area contributed by atoms with E-state index in [1.165, 1.54) is 0 Å². The molecule has 0 spiro atoms. The Morgan fingerprint density at radius 3 is 2.53 bits per heavy atom. The Morgan fingerprint density at radius 2 is 1.89 bits per heavy atom. The Balaban J connectivity index is 2.27. The second kappa shape index (κ2) is 5.83. The van der Waals surface area contributed by atoms with Crippen molar-refractivity contribution in [3.8, 4) is 6.07 Å². The summed E-state index contributed by atoms with van der Waals surface area (Å²) in [5.41, 5.74) is 2.18. The summed E-state index contributed by atoms with van der Waals surface area (Å²) >= 11 is 0. The molecule has 1 N–H and O–H groups in total. The highest BCUT2D eigenvalue weighted by molar-refractivity contribution is 5.76. The van der Waals surface area contributed by atoms with Gasteiger partial charge in [0.2, 0.25) is 0 Å². The fraction of sp³-hybridized carbons (Fsp3) is 0.125. The Hall–Kier alpha value is -2.60. The van der Waals surface area contributed by atoms with Gasteiger partial charge in [0.05, 0.1) is 17.6 Å². The van der Waals surface area contributed by atoms with Crippen molar-refractivity contribution in [2.24, 2.45) is 0 Å². The Bertz CT molecular complexity index is 614. The molecule has 0 bridgehead atoms. The molecule has 0 amide bonds. The number of hydrogen-bond donors (Lipinski definition) is 1. The number of nitrogens with zero attached hydrogens (tertiary/aromatic N) is 1. The summed E-state index contributed by atoms with van der Waals surface area (Å²) in [6.07, 6.45) is 0.384. The average Bonchev–Trinajstić information content (AvgIpc) is 2.45. The zero-order valence-electron chi connectivity index (χ0n) is 10.3. The molecule has 0 aliphatic rings. The zero-order chi connectivity index (χ0) is 13.7. The highest BCUT2D eigenvalue weighted by Crippen LogP contribution is 2.21. The van der Waals surface area contributed by atoms with Gasteiger partial charge in [-0.3, -0.25) is 4.79 Å². The molecule has 1 atom stereocenters. The first kappa shape index (κ1) is 12.8. The summed E-state index contributed by atoms with van der Waals surface area (Å²) in [5.74, 6) is -1.44. The number of carboxylic acid groups (broad SMARTS) is 1. The summed E-state index contributed by atoms with van der Waals surface area (Å²) < 4.78 is 0. The quantitative estimate of drug-likeness (QED) is 0.908. The third-order valence-electron chi connectivity index (χ3n) is 3.00. The van der Waals surface area contributed by atoms with Crippen molar-refractivity contribution < 1.29 is 9.90 Å². The van der Waals surface area contributed by atoms with Gasteiger partial charge < -0.3 is 5.11 Å². The van der Waals surface area contributed by atoms with E-state index < -0.39 is 11.9 Å². The predicted octanol–water partition coefficient (Wildman–Crippen LogP) is 2.97. The molecule has 1 unspecified atom stereocenters. The van der Waals surface area contributed by atoms with Crippen LogP contribution < -0.4 is 0 Å². The molecule has 2 aromatic carbocycles. The first-order valence-electron chi connectivity index (χ1n) is 5.97. The molecule has 94 valence electrons. The van der Waals surface area contributed by atoms with Crippen LogP contribution in [0.25, 0.3) is 0 Å². The van der Waals surface area contributed by atoms with E-state index in [0.29, 0.717) is 12.0 Å². The molecule has 0 aliphatic heterocycles. The van der Waals surface area contributed by atoms with Crippen LogP contribution in [-0.4, -0.2) is 11.1 Å². The van der Waals surface area contributed by atoms with Crippen molar-refractivity contribution in [1.29, 1.82) is 5.26 Å². The number of hydrogen-bond acceptors (Lipinski definition) is 2. The van der Waals surface area contributed by atoms with Crippen LogP contribution in [0.5, 0.6) is 0 Å². The molecule has 2 aromatic rings. The van der Waals surface area contributed by atoms with E-state index in [4.69, 9.17) is 5.26 Å². The third kappa shape index (κ3) is 3.20. The summed E-state index contributed by atoms with van der Waals surface area (Å²) in [4.78, 5) is 11.4. The minimum atomic E-state index is -0.853. The van der Waals surface area contributed by atoms with E-state index in [2.05, 4.69) is 6.07 Å². The summed E-state index contributed by atoms with van der Waals surface area (Å²) in [6, 6.07) is 18.3. The normalized spacial score (nSPS) is 11.5. The van der Waals surface area contributed by atoms with Crippen molar-refractivity contribution in [2.75, 3.05) is 0 Å². The lowest BCUT2D eigenvalue weighted by atomic mass is 9.91. The topological polar surface area (TPSA) is 61.1 Å². The smallest absolute Gasteiger partial charge is 0.311 e. The van der Waals surface area contributed by atoms with Gasteiger partial charge in [0.25, 0.3) is 0 Å². The highest BCUT2D eigenvalue weighted by atomic mass is 16.4. The van der Waals surface area contributed by atoms with Gasteiger partial charge in [0, 0.05) is 0 Å². The van der Waals surface area contributed by atoms with Crippen molar-refractivity contribution >= 4 is 5.97 Å². The number of rotatable bonds is 4. The van der Waals surface area contributed by atoms with E-state index >= 15 is 0 Å². The number of nitriles is 1. The lowest BCUT2D eigenvalue weighted by Gasteiger charge is -2.12. The van der Waals surface area contributed by atoms with Gasteiger partial charge in [0.15, 0.2) is 0 Å². The first-order chi connectivity index (χ1) is 9.20. The minimum absolute atomic E-state index is 0.384. The Kier molecular flexibility index (Phi) is 3.94. The van der Waals surface area contributed by atoms with Crippen molar-refractivity contribution in [1.82, 2.24) is 0 Å². The fourth-order valence-corrected chi connectivity index (χ4v) is 2.04. The summed E-state index contributed by atoms with van der Waals surface area (Å²) in [5, 5.41) is 18.2. The van der Waals surface area contributed by atoms with Crippen molar-refractivity contribution in [3.63, 3.8) is 0 Å². The zero-order valence-corrected chi connectivity index (χ0v) is 10.3. The average molecular weight is 251 g/mol. The highest BCUT2D eigenvalue weighted by Gasteiger charge is 2.20. The van der Waals surface area contributed by atoms with E-state index in [-0.39, 0.29) is 0 Å². The molecule has 0 heterocycles. The summed E-state index contributed by atoms with van der Waals surface area (Å²) in [7, 11) is 0. The van der Waals surface area contributed by atoms with Crippen LogP contribution >= 0.6 is 0 Å². The van der Waals surface area contributed by atoms with E-state index in [9.17, 15) is 9.90 Å². The number of benzene rings is 2. The van der Waals surface area contributed by atoms with Crippen LogP contribution in [0.1, 0.15) is 22.6 Å². The SMILES string of the molecule is N#Cc1cccc(CC(C(=O)O)c2ccccc2)c1. The number of carbonyl (C=O) groups is 1. The standard InChI is InChI=1S/C16H13NO2/c17-11-13-6-4-5-12(9-13)10-15(16(18)19)14-7-2-1-3-8-14/h1-9,15H,10H2,(H,18,19). The van der Waals surface area contributed by atoms with Crippen LogP contribution in [0, 0.1) is 11.3 Å².